The number of pyridine rings is 1. The summed E-state index contributed by atoms with van der Waals surface area (Å²) >= 11 is 4.47. The summed E-state index contributed by atoms with van der Waals surface area (Å²) < 4.78 is 3.07. The summed E-state index contributed by atoms with van der Waals surface area (Å²) in [6.45, 7) is 0. The van der Waals surface area contributed by atoms with Crippen LogP contribution in [-0.2, 0) is 0 Å². The molecule has 0 saturated carbocycles. The van der Waals surface area contributed by atoms with Crippen LogP contribution in [0, 0.1) is 3.57 Å². The zero-order valence-corrected chi connectivity index (χ0v) is 11.4. The molecule has 0 spiro atoms. The van der Waals surface area contributed by atoms with Crippen LogP contribution < -0.4 is 2.78 Å². The van der Waals surface area contributed by atoms with E-state index >= 15 is 0 Å². The molecule has 5 heteroatoms. The van der Waals surface area contributed by atoms with Gasteiger partial charge in [-0.3, -0.25) is 4.98 Å². The second-order valence-corrected chi connectivity index (χ2v) is 4.81. The zero-order chi connectivity index (χ0) is 9.97. The van der Waals surface area contributed by atoms with Gasteiger partial charge >= 0.3 is 5.82 Å². The van der Waals surface area contributed by atoms with Crippen molar-refractivity contribution in [3.05, 3.63) is 40.5 Å². The maximum atomic E-state index is 4.33. The molecule has 0 aliphatic rings. The first-order chi connectivity index (χ1) is 6.79. The average molecular weight is 410 g/mol. The van der Waals surface area contributed by atoms with Gasteiger partial charge in [0.1, 0.15) is 12.4 Å². The van der Waals surface area contributed by atoms with Gasteiger partial charge in [0, 0.05) is 22.0 Å². The second-order valence-electron chi connectivity index (χ2n) is 2.61. The topological polar surface area (TPSA) is 29.7 Å². The summed E-state index contributed by atoms with van der Waals surface area (Å²) in [5, 5.41) is 0. The van der Waals surface area contributed by atoms with Gasteiger partial charge in [0.05, 0.1) is 5.56 Å². The highest BCUT2D eigenvalue weighted by atomic mass is 127. The van der Waals surface area contributed by atoms with E-state index in [4.69, 9.17) is 0 Å². The highest BCUT2D eigenvalue weighted by Gasteiger charge is 2.14. The minimum absolute atomic E-state index is 0.944. The molecule has 0 aliphatic heterocycles. The molecule has 2 aromatic rings. The second kappa shape index (κ2) is 4.47. The SMILES string of the molecule is Ic1cnccc1-c1nccc[n+]1I. The lowest BCUT2D eigenvalue weighted by molar-refractivity contribution is -0.431. The molecular weight excluding hydrogens is 404 g/mol. The molecule has 0 N–H and O–H groups in total. The van der Waals surface area contributed by atoms with Crippen LogP contribution in [0.3, 0.4) is 0 Å². The molecule has 2 aromatic heterocycles. The molecule has 14 heavy (non-hydrogen) atoms. The van der Waals surface area contributed by atoms with Crippen molar-refractivity contribution in [3.8, 4) is 11.4 Å². The third-order valence-electron chi connectivity index (χ3n) is 1.72. The third-order valence-corrected chi connectivity index (χ3v) is 3.35. The van der Waals surface area contributed by atoms with Gasteiger partial charge in [-0.25, -0.2) is 0 Å². The monoisotopic (exact) mass is 410 g/mol. The first kappa shape index (κ1) is 10.2. The Morgan fingerprint density at radius 3 is 2.86 bits per heavy atom. The van der Waals surface area contributed by atoms with Crippen LogP contribution in [0.4, 0.5) is 0 Å². The predicted octanol–water partition coefficient (Wildman–Crippen LogP) is 2.23. The third kappa shape index (κ3) is 2.02. The summed E-state index contributed by atoms with van der Waals surface area (Å²) in [6, 6.07) is 3.88. The summed E-state index contributed by atoms with van der Waals surface area (Å²) in [5.74, 6) is 0.944. The molecule has 0 fully saturated rings. The van der Waals surface area contributed by atoms with E-state index in [1.54, 1.807) is 12.4 Å². The number of hydrogen-bond donors (Lipinski definition) is 0. The van der Waals surface area contributed by atoms with E-state index in [9.17, 15) is 0 Å². The summed E-state index contributed by atoms with van der Waals surface area (Å²) in [4.78, 5) is 8.39. The van der Waals surface area contributed by atoms with E-state index in [1.807, 2.05) is 27.3 Å². The van der Waals surface area contributed by atoms with E-state index < -0.39 is 0 Å². The van der Waals surface area contributed by atoms with Crippen LogP contribution in [0.25, 0.3) is 11.4 Å². The van der Waals surface area contributed by atoms with Crippen LogP contribution in [0.1, 0.15) is 0 Å². The molecule has 0 radical (unpaired) electrons. The minimum Gasteiger partial charge on any atom is -0.264 e. The van der Waals surface area contributed by atoms with Gasteiger partial charge in [-0.2, -0.15) is 2.78 Å². The molecule has 0 atom stereocenters. The lowest BCUT2D eigenvalue weighted by Crippen LogP contribution is -2.23. The molecular formula is C9H6I2N3+. The van der Waals surface area contributed by atoms with Gasteiger partial charge in [-0.1, -0.05) is 0 Å². The Balaban J connectivity index is 2.61. The minimum atomic E-state index is 0.944. The lowest BCUT2D eigenvalue weighted by Gasteiger charge is -1.97. The first-order valence-corrected chi connectivity index (χ1v) is 5.96. The van der Waals surface area contributed by atoms with Crippen LogP contribution >= 0.6 is 45.5 Å². The number of rotatable bonds is 1. The molecule has 0 saturated heterocycles. The van der Waals surface area contributed by atoms with E-state index in [0.29, 0.717) is 0 Å². The standard InChI is InChI=1S/C9H6I2N3/c10-8-6-12-4-2-7(8)9-13-3-1-5-14(9)11/h1-6H/q+1. The molecule has 0 aliphatic carbocycles. The average Bonchev–Trinajstić information content (AvgIpc) is 2.20. The number of aromatic nitrogens is 3. The fourth-order valence-electron chi connectivity index (χ4n) is 1.09. The summed E-state index contributed by atoms with van der Waals surface area (Å²) in [6.07, 6.45) is 7.38. The normalized spacial score (nSPS) is 10.1. The Bertz CT molecular complexity index is 416. The van der Waals surface area contributed by atoms with E-state index in [1.165, 1.54) is 0 Å². The number of halogens is 2. The smallest absolute Gasteiger partial charge is 0.264 e. The molecule has 0 amide bonds. The first-order valence-electron chi connectivity index (χ1n) is 3.92. The van der Waals surface area contributed by atoms with E-state index in [2.05, 4.69) is 55.4 Å². The Kier molecular flexibility index (Phi) is 3.26. The van der Waals surface area contributed by atoms with Gasteiger partial charge in [0.15, 0.2) is 0 Å². The molecule has 0 bridgehead atoms. The van der Waals surface area contributed by atoms with Gasteiger partial charge < -0.3 is 0 Å². The van der Waals surface area contributed by atoms with Crippen molar-refractivity contribution in [2.75, 3.05) is 0 Å². The number of nitrogens with zero attached hydrogens (tertiary/aromatic N) is 3. The van der Waals surface area contributed by atoms with Crippen molar-refractivity contribution < 1.29 is 2.78 Å². The summed E-state index contributed by atoms with van der Waals surface area (Å²) in [5.41, 5.74) is 1.11. The maximum absolute atomic E-state index is 4.33. The predicted molar refractivity (Wildman–Crippen MR) is 69.8 cm³/mol. The fourth-order valence-corrected chi connectivity index (χ4v) is 2.25. The van der Waals surface area contributed by atoms with Gasteiger partial charge in [0.2, 0.25) is 22.9 Å². The molecule has 0 aromatic carbocycles. The highest BCUT2D eigenvalue weighted by Crippen LogP contribution is 2.19. The molecule has 3 nitrogen and oxygen atoms in total. The van der Waals surface area contributed by atoms with Crippen molar-refractivity contribution in [1.82, 2.24) is 9.97 Å². The van der Waals surface area contributed by atoms with Crippen LogP contribution in [0.15, 0.2) is 36.9 Å². The maximum Gasteiger partial charge on any atom is 0.339 e. The molecule has 2 rings (SSSR count). The fraction of sp³-hybridized carbons (Fsp3) is 0. The summed E-state index contributed by atoms with van der Waals surface area (Å²) in [7, 11) is 0. The van der Waals surface area contributed by atoms with Gasteiger partial charge in [-0.15, -0.1) is 0 Å². The van der Waals surface area contributed by atoms with Gasteiger partial charge in [-0.05, 0) is 33.6 Å². The van der Waals surface area contributed by atoms with Crippen molar-refractivity contribution in [1.29, 1.82) is 0 Å². The Hall–Kier alpha value is -0.310. The van der Waals surface area contributed by atoms with Crippen LogP contribution in [-0.4, -0.2) is 9.97 Å². The number of hydrogen-bond acceptors (Lipinski definition) is 2. The highest BCUT2D eigenvalue weighted by molar-refractivity contribution is 14.1. The van der Waals surface area contributed by atoms with Crippen LogP contribution in [0.5, 0.6) is 0 Å². The largest absolute Gasteiger partial charge is 0.339 e. The zero-order valence-electron chi connectivity index (χ0n) is 7.06. The van der Waals surface area contributed by atoms with Crippen molar-refractivity contribution >= 4 is 45.5 Å². The van der Waals surface area contributed by atoms with E-state index in [-0.39, 0.29) is 0 Å². The Morgan fingerprint density at radius 2 is 2.14 bits per heavy atom. The van der Waals surface area contributed by atoms with Crippen molar-refractivity contribution in [2.45, 2.75) is 0 Å². The molecule has 70 valence electrons. The quantitative estimate of drug-likeness (QED) is 0.676. The molecule has 0 unspecified atom stereocenters. The van der Waals surface area contributed by atoms with Crippen molar-refractivity contribution in [3.63, 3.8) is 0 Å². The van der Waals surface area contributed by atoms with Gasteiger partial charge in [0.25, 0.3) is 0 Å². The Morgan fingerprint density at radius 1 is 1.29 bits per heavy atom. The van der Waals surface area contributed by atoms with Crippen LogP contribution in [0.2, 0.25) is 0 Å². The van der Waals surface area contributed by atoms with Crippen molar-refractivity contribution in [2.24, 2.45) is 0 Å². The Labute approximate surface area is 109 Å². The lowest BCUT2D eigenvalue weighted by atomic mass is 10.2. The molecule has 2 heterocycles. The van der Waals surface area contributed by atoms with E-state index in [0.717, 1.165) is 15.0 Å².